The molecule has 2 atom stereocenters. The van der Waals surface area contributed by atoms with Gasteiger partial charge in [0.05, 0.1) is 11.2 Å². The minimum absolute atomic E-state index is 0.722. The van der Waals surface area contributed by atoms with Crippen molar-refractivity contribution >= 4 is 22.3 Å². The third kappa shape index (κ3) is 2.15. The van der Waals surface area contributed by atoms with Crippen molar-refractivity contribution in [2.24, 2.45) is 5.92 Å². The van der Waals surface area contributed by atoms with Gasteiger partial charge in [0.1, 0.15) is 0 Å². The zero-order chi connectivity index (χ0) is 14.2. The van der Waals surface area contributed by atoms with Gasteiger partial charge in [-0.15, -0.1) is 0 Å². The van der Waals surface area contributed by atoms with E-state index in [1.165, 1.54) is 56.1 Å². The Balaban J connectivity index is 1.80. The van der Waals surface area contributed by atoms with Gasteiger partial charge < -0.3 is 10.6 Å². The molecule has 1 aliphatic heterocycles. The van der Waals surface area contributed by atoms with Crippen LogP contribution in [-0.4, -0.2) is 17.6 Å². The third-order valence-electron chi connectivity index (χ3n) is 5.33. The number of pyridine rings is 1. The number of hydrogen-bond acceptors (Lipinski definition) is 3. The standard InChI is InChI=1S/C18H23N3/c19-15-8-3-7-14-17(10-11-20-18(14)15)21-12-4-6-13-5-1-2-9-16(13)21/h3,7-8,10-11,13,16H,1-2,4-6,9,12,19H2. The topological polar surface area (TPSA) is 42.1 Å². The van der Waals surface area contributed by atoms with E-state index in [1.807, 2.05) is 18.3 Å². The second kappa shape index (κ2) is 5.21. The molecule has 3 heteroatoms. The summed E-state index contributed by atoms with van der Waals surface area (Å²) in [6, 6.07) is 9.06. The molecule has 2 aliphatic rings. The van der Waals surface area contributed by atoms with E-state index in [2.05, 4.69) is 22.0 Å². The lowest BCUT2D eigenvalue weighted by atomic mass is 9.78. The van der Waals surface area contributed by atoms with Crippen LogP contribution >= 0.6 is 0 Å². The smallest absolute Gasteiger partial charge is 0.0951 e. The van der Waals surface area contributed by atoms with Crippen LogP contribution in [0.2, 0.25) is 0 Å². The Morgan fingerprint density at radius 2 is 1.90 bits per heavy atom. The average molecular weight is 281 g/mol. The van der Waals surface area contributed by atoms with Crippen LogP contribution in [0.5, 0.6) is 0 Å². The molecule has 2 heterocycles. The molecule has 2 fully saturated rings. The first-order chi connectivity index (χ1) is 10.3. The van der Waals surface area contributed by atoms with E-state index in [1.54, 1.807) is 0 Å². The quantitative estimate of drug-likeness (QED) is 0.804. The van der Waals surface area contributed by atoms with E-state index in [0.717, 1.165) is 23.2 Å². The molecule has 2 aromatic rings. The average Bonchev–Trinajstić information content (AvgIpc) is 2.54. The van der Waals surface area contributed by atoms with Crippen LogP contribution in [0.3, 0.4) is 0 Å². The summed E-state index contributed by atoms with van der Waals surface area (Å²) in [5.41, 5.74) is 9.18. The van der Waals surface area contributed by atoms with E-state index in [-0.39, 0.29) is 0 Å². The summed E-state index contributed by atoms with van der Waals surface area (Å²) < 4.78 is 0. The first kappa shape index (κ1) is 12.9. The molecule has 0 bridgehead atoms. The van der Waals surface area contributed by atoms with E-state index < -0.39 is 0 Å². The molecule has 1 saturated carbocycles. The van der Waals surface area contributed by atoms with Crippen molar-refractivity contribution < 1.29 is 0 Å². The van der Waals surface area contributed by atoms with Crippen LogP contribution in [0, 0.1) is 5.92 Å². The lowest BCUT2D eigenvalue weighted by Crippen LogP contribution is -2.47. The van der Waals surface area contributed by atoms with Crippen molar-refractivity contribution in [2.75, 3.05) is 17.2 Å². The number of rotatable bonds is 1. The second-order valence-corrected chi connectivity index (χ2v) is 6.52. The number of nitrogens with two attached hydrogens (primary N) is 1. The molecule has 21 heavy (non-hydrogen) atoms. The monoisotopic (exact) mass is 281 g/mol. The van der Waals surface area contributed by atoms with Gasteiger partial charge in [-0.2, -0.15) is 0 Å². The van der Waals surface area contributed by atoms with Crippen LogP contribution in [0.1, 0.15) is 38.5 Å². The van der Waals surface area contributed by atoms with Gasteiger partial charge in [-0.05, 0) is 43.7 Å². The van der Waals surface area contributed by atoms with E-state index in [9.17, 15) is 0 Å². The highest BCUT2D eigenvalue weighted by Gasteiger charge is 2.33. The molecule has 4 rings (SSSR count). The number of anilines is 2. The molecule has 2 N–H and O–H groups in total. The number of fused-ring (bicyclic) bond motifs is 2. The van der Waals surface area contributed by atoms with E-state index >= 15 is 0 Å². The maximum absolute atomic E-state index is 6.11. The highest BCUT2D eigenvalue weighted by molar-refractivity contribution is 5.98. The van der Waals surface area contributed by atoms with Crippen LogP contribution < -0.4 is 10.6 Å². The van der Waals surface area contributed by atoms with Crippen molar-refractivity contribution in [3.63, 3.8) is 0 Å². The SMILES string of the molecule is Nc1cccc2c(N3CCCC4CCCCC43)ccnc12. The summed E-state index contributed by atoms with van der Waals surface area (Å²) in [6.07, 6.45) is 10.2. The number of piperidine rings is 1. The zero-order valence-electron chi connectivity index (χ0n) is 12.5. The number of aromatic nitrogens is 1. The normalized spacial score (nSPS) is 25.8. The number of nitrogen functional groups attached to an aromatic ring is 1. The highest BCUT2D eigenvalue weighted by Crippen LogP contribution is 2.40. The molecule has 1 aliphatic carbocycles. The van der Waals surface area contributed by atoms with Crippen LogP contribution in [-0.2, 0) is 0 Å². The first-order valence-corrected chi connectivity index (χ1v) is 8.24. The largest absolute Gasteiger partial charge is 0.397 e. The maximum atomic E-state index is 6.11. The lowest BCUT2D eigenvalue weighted by molar-refractivity contribution is 0.244. The summed E-state index contributed by atoms with van der Waals surface area (Å²) >= 11 is 0. The van der Waals surface area contributed by atoms with Gasteiger partial charge in [0.2, 0.25) is 0 Å². The van der Waals surface area contributed by atoms with E-state index in [4.69, 9.17) is 5.73 Å². The fraction of sp³-hybridized carbons (Fsp3) is 0.500. The fourth-order valence-corrected chi connectivity index (χ4v) is 4.36. The van der Waals surface area contributed by atoms with Crippen molar-refractivity contribution in [1.82, 2.24) is 4.98 Å². The molecule has 1 saturated heterocycles. The molecule has 0 spiro atoms. The predicted molar refractivity (Wildman–Crippen MR) is 88.5 cm³/mol. The Bertz CT molecular complexity index is 650. The lowest BCUT2D eigenvalue weighted by Gasteiger charge is -2.45. The van der Waals surface area contributed by atoms with Crippen molar-refractivity contribution in [3.05, 3.63) is 30.5 Å². The van der Waals surface area contributed by atoms with Gasteiger partial charge in [-0.3, -0.25) is 4.98 Å². The molecular formula is C18H23N3. The molecule has 2 unspecified atom stereocenters. The van der Waals surface area contributed by atoms with Crippen molar-refractivity contribution in [2.45, 2.75) is 44.6 Å². The highest BCUT2D eigenvalue weighted by atomic mass is 15.2. The summed E-state index contributed by atoms with van der Waals surface area (Å²) in [4.78, 5) is 7.14. The minimum atomic E-state index is 0.722. The van der Waals surface area contributed by atoms with Gasteiger partial charge in [-0.1, -0.05) is 25.0 Å². The van der Waals surface area contributed by atoms with Gasteiger partial charge in [0.15, 0.2) is 0 Å². The number of benzene rings is 1. The van der Waals surface area contributed by atoms with Crippen LogP contribution in [0.4, 0.5) is 11.4 Å². The Morgan fingerprint density at radius 1 is 1.05 bits per heavy atom. The van der Waals surface area contributed by atoms with Gasteiger partial charge in [0, 0.05) is 29.9 Å². The number of nitrogens with zero attached hydrogens (tertiary/aromatic N) is 2. The third-order valence-corrected chi connectivity index (χ3v) is 5.33. The van der Waals surface area contributed by atoms with Crippen molar-refractivity contribution in [1.29, 1.82) is 0 Å². The Morgan fingerprint density at radius 3 is 2.86 bits per heavy atom. The summed E-state index contributed by atoms with van der Waals surface area (Å²) in [6.45, 7) is 1.18. The van der Waals surface area contributed by atoms with Crippen LogP contribution in [0.25, 0.3) is 10.9 Å². The Labute approximate surface area is 126 Å². The summed E-state index contributed by atoms with van der Waals surface area (Å²) in [7, 11) is 0. The Hall–Kier alpha value is -1.77. The first-order valence-electron chi connectivity index (χ1n) is 8.24. The molecule has 0 radical (unpaired) electrons. The van der Waals surface area contributed by atoms with Gasteiger partial charge >= 0.3 is 0 Å². The minimum Gasteiger partial charge on any atom is -0.397 e. The fourth-order valence-electron chi connectivity index (χ4n) is 4.36. The maximum Gasteiger partial charge on any atom is 0.0951 e. The molecule has 1 aromatic carbocycles. The van der Waals surface area contributed by atoms with Gasteiger partial charge in [-0.25, -0.2) is 0 Å². The molecule has 110 valence electrons. The molecule has 3 nitrogen and oxygen atoms in total. The molecular weight excluding hydrogens is 258 g/mol. The summed E-state index contributed by atoms with van der Waals surface area (Å²) in [5, 5.41) is 1.21. The summed E-state index contributed by atoms with van der Waals surface area (Å²) in [5.74, 6) is 0.886. The van der Waals surface area contributed by atoms with Crippen molar-refractivity contribution in [3.8, 4) is 0 Å². The van der Waals surface area contributed by atoms with Gasteiger partial charge in [0.25, 0.3) is 0 Å². The molecule has 1 aromatic heterocycles. The Kier molecular flexibility index (Phi) is 3.21. The number of hydrogen-bond donors (Lipinski definition) is 1. The second-order valence-electron chi connectivity index (χ2n) is 6.52. The van der Waals surface area contributed by atoms with Crippen LogP contribution in [0.15, 0.2) is 30.5 Å². The predicted octanol–water partition coefficient (Wildman–Crippen LogP) is 3.98. The van der Waals surface area contributed by atoms with E-state index in [0.29, 0.717) is 0 Å². The molecule has 0 amide bonds. The number of para-hydroxylation sites is 1. The zero-order valence-corrected chi connectivity index (χ0v) is 12.5.